The highest BCUT2D eigenvalue weighted by atomic mass is 79.9. The average Bonchev–Trinajstić information content (AvgIpc) is 2.45. The topological polar surface area (TPSA) is 15.3 Å². The fraction of sp³-hybridized carbons (Fsp3) is 0.647. The molecule has 1 N–H and O–H groups in total. The monoisotopic (exact) mass is 372 g/mol. The Balaban J connectivity index is 2.89. The highest BCUT2D eigenvalue weighted by molar-refractivity contribution is 9.10. The van der Waals surface area contributed by atoms with E-state index in [0.717, 1.165) is 17.6 Å². The third-order valence-electron chi connectivity index (χ3n) is 3.67. The van der Waals surface area contributed by atoms with Crippen molar-refractivity contribution in [3.8, 4) is 0 Å². The number of halogens is 1. The van der Waals surface area contributed by atoms with E-state index in [2.05, 4.69) is 78.4 Å². The molecule has 2 nitrogen and oxygen atoms in total. The van der Waals surface area contributed by atoms with Crippen molar-refractivity contribution in [2.24, 2.45) is 5.92 Å². The van der Waals surface area contributed by atoms with Gasteiger partial charge in [0.2, 0.25) is 0 Å². The Morgan fingerprint density at radius 2 is 2.05 bits per heavy atom. The third kappa shape index (κ3) is 6.21. The minimum Gasteiger partial charge on any atom is -0.370 e. The number of hydrogen-bond acceptors (Lipinski definition) is 3. The Bertz CT molecular complexity index is 423. The third-order valence-corrected chi connectivity index (χ3v) is 4.88. The minimum absolute atomic E-state index is 0.582. The summed E-state index contributed by atoms with van der Waals surface area (Å²) < 4.78 is 1.15. The number of nitrogens with one attached hydrogen (secondary N) is 1. The van der Waals surface area contributed by atoms with E-state index < -0.39 is 0 Å². The molecule has 0 spiro atoms. The van der Waals surface area contributed by atoms with E-state index in [1.54, 1.807) is 0 Å². The molecule has 1 rings (SSSR count). The van der Waals surface area contributed by atoms with Crippen LogP contribution in [-0.4, -0.2) is 31.6 Å². The largest absolute Gasteiger partial charge is 0.370 e. The van der Waals surface area contributed by atoms with Crippen molar-refractivity contribution in [2.45, 2.75) is 39.8 Å². The molecule has 0 amide bonds. The number of rotatable bonds is 9. The zero-order valence-electron chi connectivity index (χ0n) is 13.9. The van der Waals surface area contributed by atoms with Crippen LogP contribution < -0.4 is 10.2 Å². The van der Waals surface area contributed by atoms with Crippen molar-refractivity contribution in [1.29, 1.82) is 0 Å². The molecule has 1 aromatic rings. The molecule has 0 saturated carbocycles. The lowest BCUT2D eigenvalue weighted by atomic mass is 10.1. The van der Waals surface area contributed by atoms with Crippen LogP contribution in [0, 0.1) is 5.92 Å². The van der Waals surface area contributed by atoms with Gasteiger partial charge in [0.1, 0.15) is 0 Å². The Morgan fingerprint density at radius 1 is 1.33 bits per heavy atom. The van der Waals surface area contributed by atoms with Gasteiger partial charge in [-0.25, -0.2) is 0 Å². The van der Waals surface area contributed by atoms with Gasteiger partial charge >= 0.3 is 0 Å². The molecule has 0 radical (unpaired) electrons. The van der Waals surface area contributed by atoms with E-state index >= 15 is 0 Å². The van der Waals surface area contributed by atoms with Crippen LogP contribution in [0.15, 0.2) is 22.7 Å². The van der Waals surface area contributed by atoms with E-state index in [1.807, 2.05) is 11.8 Å². The van der Waals surface area contributed by atoms with Crippen molar-refractivity contribution >= 4 is 33.4 Å². The first-order chi connectivity index (χ1) is 9.99. The van der Waals surface area contributed by atoms with Crippen molar-refractivity contribution in [1.82, 2.24) is 5.32 Å². The maximum atomic E-state index is 3.61. The number of anilines is 1. The van der Waals surface area contributed by atoms with E-state index in [9.17, 15) is 0 Å². The van der Waals surface area contributed by atoms with Crippen LogP contribution in [0.2, 0.25) is 0 Å². The van der Waals surface area contributed by atoms with Crippen LogP contribution in [0.5, 0.6) is 0 Å². The maximum absolute atomic E-state index is 3.61. The van der Waals surface area contributed by atoms with Gasteiger partial charge in [-0.3, -0.25) is 0 Å². The first kappa shape index (κ1) is 18.9. The summed E-state index contributed by atoms with van der Waals surface area (Å²) in [6.07, 6.45) is 3.35. The fourth-order valence-electron chi connectivity index (χ4n) is 2.40. The van der Waals surface area contributed by atoms with E-state index in [-0.39, 0.29) is 0 Å². The predicted octanol–water partition coefficient (Wildman–Crippen LogP) is 4.77. The summed E-state index contributed by atoms with van der Waals surface area (Å²) >= 11 is 5.53. The Kier molecular flexibility index (Phi) is 8.76. The van der Waals surface area contributed by atoms with Gasteiger partial charge in [0, 0.05) is 35.5 Å². The molecule has 0 bridgehead atoms. The first-order valence-electron chi connectivity index (χ1n) is 7.70. The molecule has 0 aliphatic heterocycles. The molecule has 0 fully saturated rings. The summed E-state index contributed by atoms with van der Waals surface area (Å²) in [7, 11) is 2.22. The van der Waals surface area contributed by atoms with Crippen molar-refractivity contribution < 1.29 is 0 Å². The number of thioether (sulfide) groups is 1. The molecule has 0 saturated heterocycles. The average molecular weight is 373 g/mol. The maximum Gasteiger partial charge on any atom is 0.0423 e. The SMILES string of the molecule is CCC(CSC)N(C)c1cc(Br)ccc1CNCC(C)C. The van der Waals surface area contributed by atoms with Gasteiger partial charge in [-0.15, -0.1) is 0 Å². The molecule has 0 heterocycles. The Morgan fingerprint density at radius 3 is 2.62 bits per heavy atom. The van der Waals surface area contributed by atoms with E-state index in [1.165, 1.54) is 23.4 Å². The Hall–Kier alpha value is -0.190. The van der Waals surface area contributed by atoms with Crippen molar-refractivity contribution in [3.05, 3.63) is 28.2 Å². The molecule has 0 aromatic heterocycles. The van der Waals surface area contributed by atoms with Gasteiger partial charge in [-0.2, -0.15) is 11.8 Å². The van der Waals surface area contributed by atoms with Gasteiger partial charge in [0.25, 0.3) is 0 Å². The van der Waals surface area contributed by atoms with Gasteiger partial charge in [-0.05, 0) is 42.8 Å². The van der Waals surface area contributed by atoms with Crippen LogP contribution in [0.25, 0.3) is 0 Å². The second-order valence-corrected chi connectivity index (χ2v) is 7.75. The summed E-state index contributed by atoms with van der Waals surface area (Å²) in [5.41, 5.74) is 2.71. The normalized spacial score (nSPS) is 12.7. The van der Waals surface area contributed by atoms with Crippen LogP contribution in [-0.2, 0) is 6.54 Å². The summed E-state index contributed by atoms with van der Waals surface area (Å²) in [6, 6.07) is 7.20. The van der Waals surface area contributed by atoms with Gasteiger partial charge in [0.15, 0.2) is 0 Å². The van der Waals surface area contributed by atoms with Gasteiger partial charge in [0.05, 0.1) is 0 Å². The van der Waals surface area contributed by atoms with Gasteiger partial charge in [-0.1, -0.05) is 42.8 Å². The zero-order valence-corrected chi connectivity index (χ0v) is 16.4. The van der Waals surface area contributed by atoms with Crippen LogP contribution >= 0.6 is 27.7 Å². The molecule has 1 aromatic carbocycles. The Labute approximate surface area is 143 Å². The lowest BCUT2D eigenvalue weighted by Gasteiger charge is -2.31. The number of nitrogens with zero attached hydrogens (tertiary/aromatic N) is 1. The van der Waals surface area contributed by atoms with Crippen LogP contribution in [0.4, 0.5) is 5.69 Å². The first-order valence-corrected chi connectivity index (χ1v) is 9.89. The van der Waals surface area contributed by atoms with Crippen LogP contribution in [0.1, 0.15) is 32.8 Å². The molecule has 21 heavy (non-hydrogen) atoms. The smallest absolute Gasteiger partial charge is 0.0423 e. The number of hydrogen-bond donors (Lipinski definition) is 1. The number of benzene rings is 1. The standard InChI is InChI=1S/C17H29BrN2S/c1-6-16(12-21-5)20(4)17-9-15(18)8-7-14(17)11-19-10-13(2)3/h7-9,13,16,19H,6,10-12H2,1-5H3. The van der Waals surface area contributed by atoms with Gasteiger partial charge < -0.3 is 10.2 Å². The lowest BCUT2D eigenvalue weighted by molar-refractivity contribution is 0.551. The molecule has 0 aliphatic carbocycles. The summed E-state index contributed by atoms with van der Waals surface area (Å²) in [6.45, 7) is 8.74. The molecule has 4 heteroatoms. The zero-order chi connectivity index (χ0) is 15.8. The second kappa shape index (κ2) is 9.75. The molecule has 0 aliphatic rings. The molecular formula is C17H29BrN2S. The highest BCUT2D eigenvalue weighted by Gasteiger charge is 2.16. The molecule has 1 atom stereocenters. The molecule has 1 unspecified atom stereocenters. The van der Waals surface area contributed by atoms with E-state index in [0.29, 0.717) is 12.0 Å². The van der Waals surface area contributed by atoms with Crippen LogP contribution in [0.3, 0.4) is 0 Å². The summed E-state index contributed by atoms with van der Waals surface area (Å²) in [5.74, 6) is 1.85. The molecule has 120 valence electrons. The van der Waals surface area contributed by atoms with Crippen molar-refractivity contribution in [3.63, 3.8) is 0 Å². The highest BCUT2D eigenvalue weighted by Crippen LogP contribution is 2.27. The second-order valence-electron chi connectivity index (χ2n) is 5.93. The quantitative estimate of drug-likeness (QED) is 0.671. The van der Waals surface area contributed by atoms with Crippen molar-refractivity contribution in [2.75, 3.05) is 30.5 Å². The fourth-order valence-corrected chi connectivity index (χ4v) is 3.60. The lowest BCUT2D eigenvalue weighted by Crippen LogP contribution is -2.34. The minimum atomic E-state index is 0.582. The molecular weight excluding hydrogens is 344 g/mol. The van der Waals surface area contributed by atoms with E-state index in [4.69, 9.17) is 0 Å². The summed E-state index contributed by atoms with van der Waals surface area (Å²) in [5, 5.41) is 3.56. The summed E-state index contributed by atoms with van der Waals surface area (Å²) in [4.78, 5) is 2.44. The predicted molar refractivity (Wildman–Crippen MR) is 102 cm³/mol.